The average Bonchev–Trinajstić information content (AvgIpc) is 3.35. The van der Waals surface area contributed by atoms with Crippen LogP contribution in [0.25, 0.3) is 77.2 Å². The monoisotopic (exact) mass is 733 g/mol. The maximum absolute atomic E-state index is 9.78. The van der Waals surface area contributed by atoms with Crippen molar-refractivity contribution in [1.82, 2.24) is 0 Å². The quantitative estimate of drug-likeness (QED) is 0.150. The summed E-state index contributed by atoms with van der Waals surface area (Å²) in [7, 11) is 0. The van der Waals surface area contributed by atoms with Crippen LogP contribution in [0.2, 0.25) is 0 Å². The van der Waals surface area contributed by atoms with E-state index in [0.29, 0.717) is 16.8 Å². The topological polar surface area (TPSA) is 3.24 Å². The largest absolute Gasteiger partial charge is 0.310 e. The molecule has 57 heavy (non-hydrogen) atoms. The van der Waals surface area contributed by atoms with Crippen LogP contribution in [0.4, 0.5) is 17.1 Å². The molecule has 0 spiro atoms. The number of anilines is 3. The Labute approximate surface area is 345 Å². The van der Waals surface area contributed by atoms with E-state index in [1.165, 1.54) is 4.90 Å². The molecule has 10 aromatic rings. The summed E-state index contributed by atoms with van der Waals surface area (Å²) < 4.78 is 77.1. The van der Waals surface area contributed by atoms with Crippen molar-refractivity contribution >= 4 is 38.6 Å². The van der Waals surface area contributed by atoms with E-state index in [2.05, 4.69) is 0 Å². The van der Waals surface area contributed by atoms with Gasteiger partial charge in [-0.05, 0) is 113 Å². The Bertz CT molecular complexity index is 3400. The standard InChI is InChI=1S/C56H39N/c1-3-13-40(14-4-1)41-25-27-42(28-26-41)43-29-34-49(35-30-43)57(51-21-11-20-48(39-51)53-24-12-19-44-15-7-9-22-52(44)53)50-36-31-46(32-37-50)55-38-33-45-16-8-10-23-54(45)56(55)47-17-5-2-6-18-47/h1-39H/i29D,30D,31D,32D,34D,35D,36D,37D. The predicted octanol–water partition coefficient (Wildman–Crippen LogP) is 15.8. The summed E-state index contributed by atoms with van der Waals surface area (Å²) in [5.74, 6) is 0. The molecule has 0 N–H and O–H groups in total. The molecule has 0 saturated carbocycles. The summed E-state index contributed by atoms with van der Waals surface area (Å²) in [5, 5.41) is 3.86. The minimum Gasteiger partial charge on any atom is -0.310 e. The van der Waals surface area contributed by atoms with E-state index in [0.717, 1.165) is 54.9 Å². The van der Waals surface area contributed by atoms with Crippen molar-refractivity contribution in [1.29, 1.82) is 0 Å². The van der Waals surface area contributed by atoms with Crippen molar-refractivity contribution in [2.24, 2.45) is 0 Å². The summed E-state index contributed by atoms with van der Waals surface area (Å²) in [4.78, 5) is 1.38. The zero-order valence-electron chi connectivity index (χ0n) is 38.8. The van der Waals surface area contributed by atoms with E-state index in [9.17, 15) is 11.0 Å². The highest BCUT2D eigenvalue weighted by molar-refractivity contribution is 6.04. The first-order valence-corrected chi connectivity index (χ1v) is 18.9. The Morgan fingerprint density at radius 2 is 0.772 bits per heavy atom. The fourth-order valence-corrected chi connectivity index (χ4v) is 7.63. The highest BCUT2D eigenvalue weighted by Crippen LogP contribution is 2.42. The predicted molar refractivity (Wildman–Crippen MR) is 243 cm³/mol. The number of hydrogen-bond donors (Lipinski definition) is 0. The molecule has 0 radical (unpaired) electrons. The molecule has 1 heteroatoms. The lowest BCUT2D eigenvalue weighted by Crippen LogP contribution is -2.10. The lowest BCUT2D eigenvalue weighted by atomic mass is 9.90. The Morgan fingerprint density at radius 1 is 0.281 bits per heavy atom. The van der Waals surface area contributed by atoms with Gasteiger partial charge in [-0.15, -0.1) is 0 Å². The second-order valence-corrected chi connectivity index (χ2v) is 13.9. The first-order valence-electron chi connectivity index (χ1n) is 22.9. The lowest BCUT2D eigenvalue weighted by Gasteiger charge is -2.27. The van der Waals surface area contributed by atoms with Crippen LogP contribution >= 0.6 is 0 Å². The SMILES string of the molecule is [2H]c1c([2H])c(N(c2cccc(-c3cccc4ccccc34)c2)c2c([2H])c([2H])c(-c3ccc4ccccc4c3-c3ccccc3)c([2H])c2[2H])c([2H])c([2H])c1-c1ccc(-c2ccccc2)cc1. The van der Waals surface area contributed by atoms with Crippen molar-refractivity contribution in [3.63, 3.8) is 0 Å². The summed E-state index contributed by atoms with van der Waals surface area (Å²) in [6.45, 7) is 0. The molecule has 0 fully saturated rings. The molecule has 1 nitrogen and oxygen atoms in total. The summed E-state index contributed by atoms with van der Waals surface area (Å²) in [6.07, 6.45) is 0. The van der Waals surface area contributed by atoms with E-state index in [4.69, 9.17) is 0 Å². The van der Waals surface area contributed by atoms with Gasteiger partial charge in [0.25, 0.3) is 0 Å². The first-order chi connectivity index (χ1) is 31.6. The Kier molecular flexibility index (Phi) is 6.92. The van der Waals surface area contributed by atoms with Gasteiger partial charge in [0.15, 0.2) is 0 Å². The molecule has 0 saturated heterocycles. The fraction of sp³-hybridized carbons (Fsp3) is 0. The van der Waals surface area contributed by atoms with Crippen LogP contribution in [0.3, 0.4) is 0 Å². The zero-order valence-corrected chi connectivity index (χ0v) is 30.8. The molecule has 268 valence electrons. The number of fused-ring (bicyclic) bond motifs is 2. The van der Waals surface area contributed by atoms with Crippen molar-refractivity contribution in [3.8, 4) is 55.6 Å². The number of nitrogens with zero attached hydrogens (tertiary/aromatic N) is 1. The number of rotatable bonds is 8. The average molecular weight is 734 g/mol. The second kappa shape index (κ2) is 15.0. The molecule has 0 atom stereocenters. The van der Waals surface area contributed by atoms with Crippen molar-refractivity contribution in [2.45, 2.75) is 0 Å². The summed E-state index contributed by atoms with van der Waals surface area (Å²) >= 11 is 0. The van der Waals surface area contributed by atoms with Crippen LogP contribution in [0, 0.1) is 0 Å². The van der Waals surface area contributed by atoms with Gasteiger partial charge in [-0.1, -0.05) is 200 Å². The highest BCUT2D eigenvalue weighted by Gasteiger charge is 2.17. The molecule has 10 aromatic carbocycles. The third-order valence-electron chi connectivity index (χ3n) is 10.4. The molecule has 0 aromatic heterocycles. The molecule has 0 aliphatic heterocycles. The second-order valence-electron chi connectivity index (χ2n) is 13.9. The minimum absolute atomic E-state index is 0.103. The van der Waals surface area contributed by atoms with Crippen LogP contribution in [-0.2, 0) is 0 Å². The molecule has 0 aliphatic carbocycles. The van der Waals surface area contributed by atoms with Crippen LogP contribution in [0.5, 0.6) is 0 Å². The van der Waals surface area contributed by atoms with E-state index in [-0.39, 0.29) is 46.7 Å². The molecule has 10 rings (SSSR count). The van der Waals surface area contributed by atoms with Gasteiger partial charge in [-0.2, -0.15) is 0 Å². The molecule has 0 amide bonds. The van der Waals surface area contributed by atoms with Crippen molar-refractivity contribution < 1.29 is 11.0 Å². The molecule has 0 heterocycles. The first kappa shape index (κ1) is 26.3. The van der Waals surface area contributed by atoms with E-state index in [1.807, 2.05) is 170 Å². The van der Waals surface area contributed by atoms with Gasteiger partial charge in [0.05, 0.1) is 11.0 Å². The molecular formula is C56H39N. The normalized spacial score (nSPS) is 13.1. The summed E-state index contributed by atoms with van der Waals surface area (Å²) in [6, 6.07) is 57.0. The summed E-state index contributed by atoms with van der Waals surface area (Å²) in [5.41, 5.74) is 6.37. The zero-order chi connectivity index (χ0) is 44.9. The fourth-order valence-electron chi connectivity index (χ4n) is 7.63. The molecular weight excluding hydrogens is 687 g/mol. The highest BCUT2D eigenvalue weighted by atomic mass is 15.1. The number of hydrogen-bond acceptors (Lipinski definition) is 1. The molecule has 0 aliphatic rings. The third-order valence-corrected chi connectivity index (χ3v) is 10.4. The Morgan fingerprint density at radius 3 is 1.46 bits per heavy atom. The lowest BCUT2D eigenvalue weighted by molar-refractivity contribution is 1.28. The van der Waals surface area contributed by atoms with E-state index >= 15 is 0 Å². The maximum atomic E-state index is 9.78. The smallest absolute Gasteiger partial charge is 0.0645 e. The van der Waals surface area contributed by atoms with E-state index in [1.54, 1.807) is 18.2 Å². The van der Waals surface area contributed by atoms with Crippen molar-refractivity contribution in [3.05, 3.63) is 236 Å². The van der Waals surface area contributed by atoms with Gasteiger partial charge >= 0.3 is 0 Å². The number of benzene rings is 10. The third kappa shape index (κ3) is 6.66. The van der Waals surface area contributed by atoms with Gasteiger partial charge in [0.1, 0.15) is 0 Å². The van der Waals surface area contributed by atoms with E-state index < -0.39 is 24.2 Å². The van der Waals surface area contributed by atoms with Crippen molar-refractivity contribution in [2.75, 3.05) is 4.90 Å². The molecule has 0 bridgehead atoms. The Balaban J connectivity index is 1.21. The maximum Gasteiger partial charge on any atom is 0.0645 e. The molecule has 0 unspecified atom stereocenters. The van der Waals surface area contributed by atoms with Gasteiger partial charge < -0.3 is 4.90 Å². The Hall–Kier alpha value is -7.48. The van der Waals surface area contributed by atoms with Crippen LogP contribution in [0.15, 0.2) is 236 Å². The van der Waals surface area contributed by atoms with Gasteiger partial charge in [0.2, 0.25) is 0 Å². The van der Waals surface area contributed by atoms with Crippen LogP contribution in [0.1, 0.15) is 11.0 Å². The minimum atomic E-state index is -0.402. The van der Waals surface area contributed by atoms with Gasteiger partial charge in [-0.25, -0.2) is 0 Å². The van der Waals surface area contributed by atoms with Crippen LogP contribution in [-0.4, -0.2) is 0 Å². The van der Waals surface area contributed by atoms with Gasteiger partial charge in [-0.3, -0.25) is 0 Å². The van der Waals surface area contributed by atoms with Gasteiger partial charge in [0, 0.05) is 17.1 Å². The van der Waals surface area contributed by atoms with Crippen LogP contribution < -0.4 is 4.90 Å².